The van der Waals surface area contributed by atoms with Gasteiger partial charge in [-0.15, -0.1) is 11.8 Å². The van der Waals surface area contributed by atoms with Crippen LogP contribution in [0.5, 0.6) is 0 Å². The van der Waals surface area contributed by atoms with Crippen molar-refractivity contribution < 1.29 is 4.79 Å². The number of nitrogens with one attached hydrogen (secondary N) is 1. The first-order chi connectivity index (χ1) is 9.54. The highest BCUT2D eigenvalue weighted by atomic mass is 79.9. The molecule has 1 N–H and O–H groups in total. The third-order valence-electron chi connectivity index (χ3n) is 2.65. The summed E-state index contributed by atoms with van der Waals surface area (Å²) in [4.78, 5) is 13.0. The first kappa shape index (κ1) is 15.4. The van der Waals surface area contributed by atoms with Gasteiger partial charge in [0, 0.05) is 20.1 Å². The summed E-state index contributed by atoms with van der Waals surface area (Å²) in [5, 5.41) is 3.56. The van der Waals surface area contributed by atoms with Gasteiger partial charge in [-0.05, 0) is 55.0 Å². The molecule has 0 saturated heterocycles. The number of amides is 1. The Morgan fingerprint density at radius 2 is 1.95 bits per heavy atom. The average molecular weight is 371 g/mol. The van der Waals surface area contributed by atoms with Gasteiger partial charge in [0.1, 0.15) is 0 Å². The molecule has 0 aliphatic heterocycles. The maximum Gasteiger partial charge on any atom is 0.234 e. The Balaban J connectivity index is 1.90. The van der Waals surface area contributed by atoms with Gasteiger partial charge >= 0.3 is 0 Å². The van der Waals surface area contributed by atoms with Crippen LogP contribution in [0.2, 0.25) is 5.02 Å². The molecule has 0 unspecified atom stereocenters. The van der Waals surface area contributed by atoms with Gasteiger partial charge in [0.25, 0.3) is 0 Å². The molecule has 0 spiro atoms. The van der Waals surface area contributed by atoms with Gasteiger partial charge in [0.2, 0.25) is 5.91 Å². The van der Waals surface area contributed by atoms with Crippen molar-refractivity contribution in [2.45, 2.75) is 11.8 Å². The van der Waals surface area contributed by atoms with Crippen LogP contribution in [0.1, 0.15) is 5.56 Å². The van der Waals surface area contributed by atoms with E-state index < -0.39 is 0 Å². The summed E-state index contributed by atoms with van der Waals surface area (Å²) in [6, 6.07) is 13.3. The highest BCUT2D eigenvalue weighted by molar-refractivity contribution is 9.10. The van der Waals surface area contributed by atoms with Crippen LogP contribution < -0.4 is 5.32 Å². The fraction of sp³-hybridized carbons (Fsp3) is 0.133. The quantitative estimate of drug-likeness (QED) is 0.755. The monoisotopic (exact) mass is 369 g/mol. The Morgan fingerprint density at radius 3 is 2.60 bits per heavy atom. The van der Waals surface area contributed by atoms with Crippen LogP contribution in [-0.4, -0.2) is 11.7 Å². The van der Waals surface area contributed by atoms with Gasteiger partial charge in [-0.2, -0.15) is 0 Å². The molecule has 0 atom stereocenters. The summed E-state index contributed by atoms with van der Waals surface area (Å²) >= 11 is 10.8. The number of rotatable bonds is 4. The molecule has 20 heavy (non-hydrogen) atoms. The lowest BCUT2D eigenvalue weighted by Gasteiger charge is -2.08. The van der Waals surface area contributed by atoms with Crippen LogP contribution in [-0.2, 0) is 4.79 Å². The molecule has 2 rings (SSSR count). The SMILES string of the molecule is Cc1cc(Cl)ccc1NC(=O)CSc1ccc(Br)cc1. The number of carbonyl (C=O) groups is 1. The second-order valence-electron chi connectivity index (χ2n) is 4.25. The van der Waals surface area contributed by atoms with Crippen LogP contribution in [0, 0.1) is 6.92 Å². The van der Waals surface area contributed by atoms with E-state index in [2.05, 4.69) is 21.2 Å². The number of aryl methyl sites for hydroxylation is 1. The van der Waals surface area contributed by atoms with Crippen LogP contribution in [0.3, 0.4) is 0 Å². The molecule has 0 aliphatic rings. The topological polar surface area (TPSA) is 29.1 Å². The van der Waals surface area contributed by atoms with Crippen molar-refractivity contribution in [3.05, 3.63) is 57.5 Å². The second kappa shape index (κ2) is 7.16. The van der Waals surface area contributed by atoms with Gasteiger partial charge in [-0.3, -0.25) is 4.79 Å². The van der Waals surface area contributed by atoms with Crippen molar-refractivity contribution in [3.63, 3.8) is 0 Å². The Morgan fingerprint density at radius 1 is 1.25 bits per heavy atom. The molecule has 2 nitrogen and oxygen atoms in total. The van der Waals surface area contributed by atoms with Crippen LogP contribution in [0.25, 0.3) is 0 Å². The molecule has 0 saturated carbocycles. The van der Waals surface area contributed by atoms with Crippen molar-refractivity contribution >= 4 is 50.9 Å². The first-order valence-electron chi connectivity index (χ1n) is 5.99. The maximum atomic E-state index is 11.9. The fourth-order valence-electron chi connectivity index (χ4n) is 1.63. The molecule has 0 aliphatic carbocycles. The number of anilines is 1. The number of carbonyl (C=O) groups excluding carboxylic acids is 1. The van der Waals surface area contributed by atoms with E-state index in [1.165, 1.54) is 11.8 Å². The molecule has 0 radical (unpaired) electrons. The van der Waals surface area contributed by atoms with Gasteiger partial charge in [0.05, 0.1) is 5.75 Å². The highest BCUT2D eigenvalue weighted by Gasteiger charge is 2.06. The lowest BCUT2D eigenvalue weighted by molar-refractivity contribution is -0.113. The van der Waals surface area contributed by atoms with E-state index in [-0.39, 0.29) is 5.91 Å². The lowest BCUT2D eigenvalue weighted by atomic mass is 10.2. The molecular formula is C15H13BrClNOS. The van der Waals surface area contributed by atoms with E-state index in [9.17, 15) is 4.79 Å². The average Bonchev–Trinajstić information content (AvgIpc) is 2.41. The van der Waals surface area contributed by atoms with Gasteiger partial charge in [0.15, 0.2) is 0 Å². The fourth-order valence-corrected chi connectivity index (χ4v) is 2.82. The Bertz CT molecular complexity index is 616. The van der Waals surface area contributed by atoms with E-state index in [0.717, 1.165) is 20.6 Å². The number of thioether (sulfide) groups is 1. The van der Waals surface area contributed by atoms with Crippen molar-refractivity contribution in [2.75, 3.05) is 11.1 Å². The van der Waals surface area contributed by atoms with E-state index in [1.54, 1.807) is 6.07 Å². The molecule has 0 aromatic heterocycles. The molecular weight excluding hydrogens is 358 g/mol. The molecule has 0 heterocycles. The molecule has 5 heteroatoms. The van der Waals surface area contributed by atoms with E-state index >= 15 is 0 Å². The summed E-state index contributed by atoms with van der Waals surface area (Å²) in [5.74, 6) is 0.354. The van der Waals surface area contributed by atoms with Crippen molar-refractivity contribution in [1.29, 1.82) is 0 Å². The summed E-state index contributed by atoms with van der Waals surface area (Å²) in [6.45, 7) is 1.92. The third kappa shape index (κ3) is 4.54. The van der Waals surface area contributed by atoms with Crippen LogP contribution >= 0.6 is 39.3 Å². The number of benzene rings is 2. The molecule has 1 amide bonds. The van der Waals surface area contributed by atoms with Crippen molar-refractivity contribution in [3.8, 4) is 0 Å². The lowest BCUT2D eigenvalue weighted by Crippen LogP contribution is -2.14. The zero-order valence-electron chi connectivity index (χ0n) is 10.8. The molecule has 2 aromatic rings. The zero-order valence-corrected chi connectivity index (χ0v) is 14.0. The standard InChI is InChI=1S/C15H13BrClNOS/c1-10-8-12(17)4-7-14(10)18-15(19)9-20-13-5-2-11(16)3-6-13/h2-8H,9H2,1H3,(H,18,19). The molecule has 0 bridgehead atoms. The molecule has 104 valence electrons. The zero-order chi connectivity index (χ0) is 14.5. The minimum absolute atomic E-state index is 0.0247. The predicted octanol–water partition coefficient (Wildman–Crippen LogP) is 5.14. The largest absolute Gasteiger partial charge is 0.325 e. The highest BCUT2D eigenvalue weighted by Crippen LogP contribution is 2.22. The van der Waals surface area contributed by atoms with Crippen LogP contribution in [0.4, 0.5) is 5.69 Å². The van der Waals surface area contributed by atoms with Gasteiger partial charge < -0.3 is 5.32 Å². The summed E-state index contributed by atoms with van der Waals surface area (Å²) in [6.07, 6.45) is 0. The number of hydrogen-bond donors (Lipinski definition) is 1. The number of hydrogen-bond acceptors (Lipinski definition) is 2. The summed E-state index contributed by atoms with van der Waals surface area (Å²) in [7, 11) is 0. The second-order valence-corrected chi connectivity index (χ2v) is 6.65. The number of halogens is 2. The Hall–Kier alpha value is -0.970. The van der Waals surface area contributed by atoms with E-state index in [1.807, 2.05) is 43.3 Å². The molecule has 2 aromatic carbocycles. The van der Waals surface area contributed by atoms with Gasteiger partial charge in [-0.25, -0.2) is 0 Å². The normalized spacial score (nSPS) is 10.3. The third-order valence-corrected chi connectivity index (χ3v) is 4.42. The first-order valence-corrected chi connectivity index (χ1v) is 8.14. The Labute approximate surface area is 136 Å². The van der Waals surface area contributed by atoms with Gasteiger partial charge in [-0.1, -0.05) is 27.5 Å². The van der Waals surface area contributed by atoms with Crippen LogP contribution in [0.15, 0.2) is 51.8 Å². The molecule has 0 fully saturated rings. The Kier molecular flexibility index (Phi) is 5.52. The maximum absolute atomic E-state index is 11.9. The minimum atomic E-state index is -0.0247. The van der Waals surface area contributed by atoms with Crippen molar-refractivity contribution in [2.24, 2.45) is 0 Å². The smallest absolute Gasteiger partial charge is 0.234 e. The van der Waals surface area contributed by atoms with Crippen molar-refractivity contribution in [1.82, 2.24) is 0 Å². The summed E-state index contributed by atoms with van der Waals surface area (Å²) < 4.78 is 1.03. The minimum Gasteiger partial charge on any atom is -0.325 e. The van der Waals surface area contributed by atoms with E-state index in [0.29, 0.717) is 10.8 Å². The van der Waals surface area contributed by atoms with E-state index in [4.69, 9.17) is 11.6 Å². The predicted molar refractivity (Wildman–Crippen MR) is 89.7 cm³/mol. The summed E-state index contributed by atoms with van der Waals surface area (Å²) in [5.41, 5.74) is 1.76.